The van der Waals surface area contributed by atoms with Gasteiger partial charge in [-0.15, -0.1) is 0 Å². The molecule has 0 aromatic carbocycles. The first-order chi connectivity index (χ1) is 8.09. The zero-order valence-electron chi connectivity index (χ0n) is 9.95. The minimum absolute atomic E-state index is 0.0441. The maximum atomic E-state index is 11.5. The van der Waals surface area contributed by atoms with Gasteiger partial charge in [-0.05, 0) is 38.3 Å². The van der Waals surface area contributed by atoms with E-state index >= 15 is 0 Å². The molecule has 17 heavy (non-hydrogen) atoms. The Kier molecular flexibility index (Phi) is 5.93. The zero-order chi connectivity index (χ0) is 12.7. The number of carbonyl (C=O) groups excluding carboxylic acids is 1. The molecule has 0 aromatic rings. The summed E-state index contributed by atoms with van der Waals surface area (Å²) >= 11 is 0. The van der Waals surface area contributed by atoms with E-state index in [9.17, 15) is 9.59 Å². The second-order valence-electron chi connectivity index (χ2n) is 4.50. The molecule has 1 aliphatic heterocycles. The predicted molar refractivity (Wildman–Crippen MR) is 63.4 cm³/mol. The average Bonchev–Trinajstić information content (AvgIpc) is 2.76. The van der Waals surface area contributed by atoms with Crippen molar-refractivity contribution < 1.29 is 14.7 Å². The van der Waals surface area contributed by atoms with Crippen LogP contribution in [0.3, 0.4) is 0 Å². The normalized spacial score (nSPS) is 21.1. The van der Waals surface area contributed by atoms with Crippen LogP contribution in [0.2, 0.25) is 0 Å². The van der Waals surface area contributed by atoms with Crippen molar-refractivity contribution in [3.8, 4) is 0 Å². The van der Waals surface area contributed by atoms with Gasteiger partial charge in [0.2, 0.25) is 5.91 Å². The van der Waals surface area contributed by atoms with E-state index < -0.39 is 12.0 Å². The minimum Gasteiger partial charge on any atom is -0.480 e. The SMILES string of the molecule is N[C@@H](CCCNC(=O)CC1CCNC1)C(=O)O. The summed E-state index contributed by atoms with van der Waals surface area (Å²) in [5.74, 6) is -0.507. The summed E-state index contributed by atoms with van der Waals surface area (Å²) in [6, 6.07) is -0.828. The van der Waals surface area contributed by atoms with Gasteiger partial charge in [-0.1, -0.05) is 0 Å². The molecule has 5 N–H and O–H groups in total. The van der Waals surface area contributed by atoms with E-state index in [2.05, 4.69) is 10.6 Å². The van der Waals surface area contributed by atoms with E-state index in [-0.39, 0.29) is 5.91 Å². The summed E-state index contributed by atoms with van der Waals surface area (Å²) < 4.78 is 0. The van der Waals surface area contributed by atoms with Crippen LogP contribution in [0.25, 0.3) is 0 Å². The van der Waals surface area contributed by atoms with Gasteiger partial charge in [0.25, 0.3) is 0 Å². The number of carbonyl (C=O) groups is 2. The fourth-order valence-electron chi connectivity index (χ4n) is 1.90. The van der Waals surface area contributed by atoms with Gasteiger partial charge in [0, 0.05) is 13.0 Å². The van der Waals surface area contributed by atoms with Gasteiger partial charge in [0.1, 0.15) is 6.04 Å². The molecule has 0 spiro atoms. The van der Waals surface area contributed by atoms with E-state index in [1.807, 2.05) is 0 Å². The topological polar surface area (TPSA) is 104 Å². The van der Waals surface area contributed by atoms with Crippen molar-refractivity contribution in [2.24, 2.45) is 11.7 Å². The molecule has 0 saturated carbocycles. The number of amides is 1. The highest BCUT2D eigenvalue weighted by molar-refractivity contribution is 5.76. The fourth-order valence-corrected chi connectivity index (χ4v) is 1.90. The summed E-state index contributed by atoms with van der Waals surface area (Å²) in [4.78, 5) is 21.9. The van der Waals surface area contributed by atoms with E-state index in [0.717, 1.165) is 19.5 Å². The number of carboxylic acids is 1. The highest BCUT2D eigenvalue weighted by atomic mass is 16.4. The highest BCUT2D eigenvalue weighted by Gasteiger charge is 2.17. The summed E-state index contributed by atoms with van der Waals surface area (Å²) in [6.45, 7) is 2.41. The predicted octanol–water partition coefficient (Wildman–Crippen LogP) is -0.706. The first-order valence-electron chi connectivity index (χ1n) is 6.05. The van der Waals surface area contributed by atoms with Crippen LogP contribution in [-0.4, -0.2) is 42.7 Å². The summed E-state index contributed by atoms with van der Waals surface area (Å²) in [7, 11) is 0. The Balaban J connectivity index is 2.01. The van der Waals surface area contributed by atoms with Crippen LogP contribution in [0.4, 0.5) is 0 Å². The summed E-state index contributed by atoms with van der Waals surface area (Å²) in [5, 5.41) is 14.6. The Bertz CT molecular complexity index is 265. The number of rotatable bonds is 7. The fraction of sp³-hybridized carbons (Fsp3) is 0.818. The lowest BCUT2D eigenvalue weighted by molar-refractivity contribution is -0.138. The molecule has 6 nitrogen and oxygen atoms in total. The molecule has 0 aromatic heterocycles. The number of nitrogens with two attached hydrogens (primary N) is 1. The zero-order valence-corrected chi connectivity index (χ0v) is 9.95. The van der Waals surface area contributed by atoms with E-state index in [1.165, 1.54) is 0 Å². The van der Waals surface area contributed by atoms with Crippen LogP contribution in [0.1, 0.15) is 25.7 Å². The molecule has 1 unspecified atom stereocenters. The number of nitrogens with one attached hydrogen (secondary N) is 2. The van der Waals surface area contributed by atoms with Crippen LogP contribution < -0.4 is 16.4 Å². The summed E-state index contributed by atoms with van der Waals surface area (Å²) in [6.07, 6.45) is 2.60. The molecule has 1 amide bonds. The quantitative estimate of drug-likeness (QED) is 0.442. The molecule has 1 fully saturated rings. The van der Waals surface area contributed by atoms with Crippen molar-refractivity contribution in [1.82, 2.24) is 10.6 Å². The average molecular weight is 243 g/mol. The highest BCUT2D eigenvalue weighted by Crippen LogP contribution is 2.11. The standard InChI is InChI=1S/C11H21N3O3/c12-9(11(16)17)2-1-4-14-10(15)6-8-3-5-13-7-8/h8-9,13H,1-7,12H2,(H,14,15)(H,16,17)/t8?,9-/m0/s1. The maximum Gasteiger partial charge on any atom is 0.320 e. The molecule has 1 saturated heterocycles. The third-order valence-corrected chi connectivity index (χ3v) is 2.97. The van der Waals surface area contributed by atoms with E-state index in [0.29, 0.717) is 31.7 Å². The van der Waals surface area contributed by atoms with Crippen molar-refractivity contribution in [2.45, 2.75) is 31.7 Å². The monoisotopic (exact) mass is 243 g/mol. The van der Waals surface area contributed by atoms with Crippen molar-refractivity contribution >= 4 is 11.9 Å². The van der Waals surface area contributed by atoms with Gasteiger partial charge < -0.3 is 21.5 Å². The molecule has 6 heteroatoms. The van der Waals surface area contributed by atoms with Gasteiger partial charge in [-0.3, -0.25) is 9.59 Å². The Morgan fingerprint density at radius 3 is 2.88 bits per heavy atom. The second-order valence-corrected chi connectivity index (χ2v) is 4.50. The Labute approximate surface area is 101 Å². The van der Waals surface area contributed by atoms with Crippen molar-refractivity contribution in [1.29, 1.82) is 0 Å². The van der Waals surface area contributed by atoms with Crippen LogP contribution >= 0.6 is 0 Å². The first kappa shape index (κ1) is 13.9. The summed E-state index contributed by atoms with van der Waals surface area (Å²) in [5.41, 5.74) is 5.34. The first-order valence-corrected chi connectivity index (χ1v) is 6.05. The molecule has 1 rings (SSSR count). The number of hydrogen-bond donors (Lipinski definition) is 4. The number of hydrogen-bond acceptors (Lipinski definition) is 4. The second kappa shape index (κ2) is 7.24. The lowest BCUT2D eigenvalue weighted by atomic mass is 10.0. The number of carboxylic acid groups (broad SMARTS) is 1. The molecular weight excluding hydrogens is 222 g/mol. The lowest BCUT2D eigenvalue weighted by Crippen LogP contribution is -2.32. The van der Waals surface area contributed by atoms with Crippen LogP contribution in [0.5, 0.6) is 0 Å². The number of aliphatic carboxylic acids is 1. The molecular formula is C11H21N3O3. The van der Waals surface area contributed by atoms with Crippen LogP contribution in [-0.2, 0) is 9.59 Å². The molecule has 0 bridgehead atoms. The van der Waals surface area contributed by atoms with Gasteiger partial charge in [-0.25, -0.2) is 0 Å². The third kappa shape index (κ3) is 5.65. The smallest absolute Gasteiger partial charge is 0.320 e. The largest absolute Gasteiger partial charge is 0.480 e. The Morgan fingerprint density at radius 2 is 2.29 bits per heavy atom. The Hall–Kier alpha value is -1.14. The minimum atomic E-state index is -0.992. The Morgan fingerprint density at radius 1 is 1.53 bits per heavy atom. The molecule has 98 valence electrons. The lowest BCUT2D eigenvalue weighted by Gasteiger charge is -2.10. The van der Waals surface area contributed by atoms with Crippen molar-refractivity contribution in [2.75, 3.05) is 19.6 Å². The molecule has 1 heterocycles. The van der Waals surface area contributed by atoms with Crippen LogP contribution in [0.15, 0.2) is 0 Å². The van der Waals surface area contributed by atoms with Gasteiger partial charge in [0.05, 0.1) is 0 Å². The van der Waals surface area contributed by atoms with Gasteiger partial charge in [0.15, 0.2) is 0 Å². The van der Waals surface area contributed by atoms with Gasteiger partial charge in [-0.2, -0.15) is 0 Å². The van der Waals surface area contributed by atoms with Crippen molar-refractivity contribution in [3.63, 3.8) is 0 Å². The maximum absolute atomic E-state index is 11.5. The third-order valence-electron chi connectivity index (χ3n) is 2.97. The van der Waals surface area contributed by atoms with Gasteiger partial charge >= 0.3 is 5.97 Å². The molecule has 2 atom stereocenters. The van der Waals surface area contributed by atoms with Crippen LogP contribution in [0, 0.1) is 5.92 Å². The van der Waals surface area contributed by atoms with Crippen molar-refractivity contribution in [3.05, 3.63) is 0 Å². The van der Waals surface area contributed by atoms with E-state index in [1.54, 1.807) is 0 Å². The van der Waals surface area contributed by atoms with E-state index in [4.69, 9.17) is 10.8 Å². The molecule has 1 aliphatic rings. The molecule has 0 radical (unpaired) electrons. The molecule has 0 aliphatic carbocycles.